The Kier molecular flexibility index (Phi) is 2.65. The predicted octanol–water partition coefficient (Wildman–Crippen LogP) is 4.05. The smallest absolute Gasteiger partial charge is 0.0737 e. The van der Waals surface area contributed by atoms with Crippen LogP contribution in [0.3, 0.4) is 0 Å². The molecule has 3 aromatic rings. The quantitative estimate of drug-likeness (QED) is 0.628. The summed E-state index contributed by atoms with van der Waals surface area (Å²) in [4.78, 5) is 3.31. The van der Waals surface area contributed by atoms with Crippen LogP contribution in [0.1, 0.15) is 11.1 Å². The molecule has 2 heteroatoms. The second kappa shape index (κ2) is 4.30. The zero-order valence-electron chi connectivity index (χ0n) is 9.35. The number of para-hydroxylation sites is 1. The van der Waals surface area contributed by atoms with Gasteiger partial charge < -0.3 is 4.98 Å². The normalized spacial score (nSPS) is 10.9. The molecule has 0 atom stereocenters. The van der Waals surface area contributed by atoms with Crippen molar-refractivity contribution in [1.29, 1.82) is 0 Å². The Morgan fingerprint density at radius 2 is 1.59 bits per heavy atom. The molecule has 0 aliphatic rings. The minimum Gasteiger partial charge on any atom is -0.350 e. The third-order valence-corrected chi connectivity index (χ3v) is 3.40. The van der Waals surface area contributed by atoms with Gasteiger partial charge in [-0.1, -0.05) is 48.5 Å². The maximum Gasteiger partial charge on any atom is 0.0737 e. The maximum absolute atomic E-state index is 4.53. The molecule has 3 rings (SSSR count). The fraction of sp³-hybridized carbons (Fsp3) is 0.0667. The van der Waals surface area contributed by atoms with Gasteiger partial charge in [0.25, 0.3) is 0 Å². The summed E-state index contributed by atoms with van der Waals surface area (Å²) in [6.07, 6.45) is 0.920. The lowest BCUT2D eigenvalue weighted by atomic mass is 10.0. The van der Waals surface area contributed by atoms with Gasteiger partial charge in [0.05, 0.1) is 5.03 Å². The Hall–Kier alpha value is -1.67. The molecular weight excluding hydrogens is 226 g/mol. The first kappa shape index (κ1) is 10.5. The molecule has 1 N–H and O–H groups in total. The highest BCUT2D eigenvalue weighted by atomic mass is 32.1. The van der Waals surface area contributed by atoms with E-state index in [2.05, 4.69) is 60.1 Å². The van der Waals surface area contributed by atoms with Crippen molar-refractivity contribution < 1.29 is 0 Å². The number of H-pyrrole nitrogens is 1. The molecule has 1 aromatic heterocycles. The lowest BCUT2D eigenvalue weighted by Crippen LogP contribution is -1.87. The summed E-state index contributed by atoms with van der Waals surface area (Å²) in [7, 11) is 0. The van der Waals surface area contributed by atoms with E-state index in [4.69, 9.17) is 0 Å². The molecule has 1 heterocycles. The van der Waals surface area contributed by atoms with Crippen molar-refractivity contribution in [1.82, 2.24) is 4.98 Å². The van der Waals surface area contributed by atoms with E-state index in [1.54, 1.807) is 0 Å². The summed E-state index contributed by atoms with van der Waals surface area (Å²) in [6.45, 7) is 0. The van der Waals surface area contributed by atoms with E-state index in [1.165, 1.54) is 16.5 Å². The van der Waals surface area contributed by atoms with Gasteiger partial charge in [0.1, 0.15) is 0 Å². The fourth-order valence-corrected chi connectivity index (χ4v) is 2.48. The molecule has 0 saturated carbocycles. The Morgan fingerprint density at radius 3 is 2.41 bits per heavy atom. The second-order valence-corrected chi connectivity index (χ2v) is 4.61. The third kappa shape index (κ3) is 1.96. The van der Waals surface area contributed by atoms with Crippen molar-refractivity contribution in [3.63, 3.8) is 0 Å². The first-order chi connectivity index (χ1) is 8.34. The molecule has 84 valence electrons. The monoisotopic (exact) mass is 239 g/mol. The van der Waals surface area contributed by atoms with Crippen molar-refractivity contribution in [2.24, 2.45) is 0 Å². The van der Waals surface area contributed by atoms with E-state index in [1.807, 2.05) is 12.1 Å². The predicted molar refractivity (Wildman–Crippen MR) is 74.8 cm³/mol. The van der Waals surface area contributed by atoms with Gasteiger partial charge in [-0.05, 0) is 17.2 Å². The summed E-state index contributed by atoms with van der Waals surface area (Å²) in [5.74, 6) is 0. The molecule has 0 aliphatic carbocycles. The highest BCUT2D eigenvalue weighted by Gasteiger charge is 2.08. The van der Waals surface area contributed by atoms with Crippen LogP contribution in [0, 0.1) is 0 Å². The molecule has 0 radical (unpaired) electrons. The molecule has 0 fully saturated rings. The summed E-state index contributed by atoms with van der Waals surface area (Å²) in [5.41, 5.74) is 3.74. The SMILES string of the molecule is Sc1[nH]c2ccccc2c1Cc1ccccc1. The van der Waals surface area contributed by atoms with E-state index in [9.17, 15) is 0 Å². The topological polar surface area (TPSA) is 15.8 Å². The van der Waals surface area contributed by atoms with Gasteiger partial charge in [0.15, 0.2) is 0 Å². The van der Waals surface area contributed by atoms with Crippen molar-refractivity contribution >= 4 is 23.5 Å². The number of hydrogen-bond donors (Lipinski definition) is 2. The molecular formula is C15H13NS. The number of benzene rings is 2. The number of nitrogens with one attached hydrogen (secondary N) is 1. The number of rotatable bonds is 2. The van der Waals surface area contributed by atoms with Crippen molar-refractivity contribution in [2.75, 3.05) is 0 Å². The van der Waals surface area contributed by atoms with Crippen LogP contribution in [0.5, 0.6) is 0 Å². The van der Waals surface area contributed by atoms with Crippen molar-refractivity contribution in [3.8, 4) is 0 Å². The number of fused-ring (bicyclic) bond motifs is 1. The van der Waals surface area contributed by atoms with Crippen LogP contribution in [-0.2, 0) is 6.42 Å². The maximum atomic E-state index is 4.53. The second-order valence-electron chi connectivity index (χ2n) is 4.16. The van der Waals surface area contributed by atoms with Gasteiger partial charge >= 0.3 is 0 Å². The molecule has 0 amide bonds. The standard InChI is InChI=1S/C15H13NS/c17-15-13(10-11-6-2-1-3-7-11)12-8-4-5-9-14(12)16-15/h1-9,16-17H,10H2. The Labute approximate surface area is 106 Å². The van der Waals surface area contributed by atoms with Gasteiger partial charge in [-0.15, -0.1) is 12.6 Å². The first-order valence-electron chi connectivity index (χ1n) is 5.67. The zero-order valence-corrected chi connectivity index (χ0v) is 10.2. The average Bonchev–Trinajstić information content (AvgIpc) is 2.68. The van der Waals surface area contributed by atoms with Crippen LogP contribution in [0.4, 0.5) is 0 Å². The van der Waals surface area contributed by atoms with Gasteiger partial charge in [0, 0.05) is 17.3 Å². The van der Waals surface area contributed by atoms with Gasteiger partial charge in [-0.3, -0.25) is 0 Å². The van der Waals surface area contributed by atoms with Crippen LogP contribution in [0.25, 0.3) is 10.9 Å². The lowest BCUT2D eigenvalue weighted by molar-refractivity contribution is 1.10. The van der Waals surface area contributed by atoms with Gasteiger partial charge in [-0.2, -0.15) is 0 Å². The number of aromatic amines is 1. The molecule has 17 heavy (non-hydrogen) atoms. The van der Waals surface area contributed by atoms with Crippen LogP contribution in [-0.4, -0.2) is 4.98 Å². The largest absolute Gasteiger partial charge is 0.350 e. The van der Waals surface area contributed by atoms with E-state index in [-0.39, 0.29) is 0 Å². The zero-order chi connectivity index (χ0) is 11.7. The van der Waals surface area contributed by atoms with Crippen molar-refractivity contribution in [2.45, 2.75) is 11.4 Å². The highest BCUT2D eigenvalue weighted by molar-refractivity contribution is 7.80. The number of thiol groups is 1. The Bertz CT molecular complexity index is 640. The van der Waals surface area contributed by atoms with Gasteiger partial charge in [-0.25, -0.2) is 0 Å². The molecule has 0 bridgehead atoms. The van der Waals surface area contributed by atoms with Crippen LogP contribution >= 0.6 is 12.6 Å². The van der Waals surface area contributed by atoms with E-state index < -0.39 is 0 Å². The van der Waals surface area contributed by atoms with E-state index in [0.29, 0.717) is 0 Å². The minimum absolute atomic E-state index is 0.920. The molecule has 0 spiro atoms. The van der Waals surface area contributed by atoms with Crippen LogP contribution in [0.15, 0.2) is 59.6 Å². The number of hydrogen-bond acceptors (Lipinski definition) is 1. The molecule has 1 nitrogen and oxygen atoms in total. The Balaban J connectivity index is 2.08. The minimum atomic E-state index is 0.920. The van der Waals surface area contributed by atoms with E-state index in [0.717, 1.165) is 17.0 Å². The summed E-state index contributed by atoms with van der Waals surface area (Å²) >= 11 is 4.53. The lowest BCUT2D eigenvalue weighted by Gasteiger charge is -2.01. The van der Waals surface area contributed by atoms with Crippen LogP contribution in [0.2, 0.25) is 0 Å². The summed E-state index contributed by atoms with van der Waals surface area (Å²) < 4.78 is 0. The Morgan fingerprint density at radius 1 is 0.882 bits per heavy atom. The summed E-state index contributed by atoms with van der Waals surface area (Å²) in [6, 6.07) is 18.8. The molecule has 2 aromatic carbocycles. The fourth-order valence-electron chi connectivity index (χ4n) is 2.16. The highest BCUT2D eigenvalue weighted by Crippen LogP contribution is 2.26. The van der Waals surface area contributed by atoms with Crippen molar-refractivity contribution in [3.05, 3.63) is 65.7 Å². The number of aromatic nitrogens is 1. The average molecular weight is 239 g/mol. The van der Waals surface area contributed by atoms with E-state index >= 15 is 0 Å². The van der Waals surface area contributed by atoms with Gasteiger partial charge in [0.2, 0.25) is 0 Å². The van der Waals surface area contributed by atoms with Crippen LogP contribution < -0.4 is 0 Å². The molecule has 0 aliphatic heterocycles. The molecule has 0 unspecified atom stereocenters. The summed E-state index contributed by atoms with van der Waals surface area (Å²) in [5, 5.41) is 2.23. The third-order valence-electron chi connectivity index (χ3n) is 3.01. The first-order valence-corrected chi connectivity index (χ1v) is 6.12. The molecule has 0 saturated heterocycles.